The molecule has 1 heterocycles. The molecule has 1 nitrogen and oxygen atoms in total. The fourth-order valence-corrected chi connectivity index (χ4v) is 3.27. The highest BCUT2D eigenvalue weighted by Crippen LogP contribution is 2.56. The quantitative estimate of drug-likeness (QED) is 0.589. The van der Waals surface area contributed by atoms with E-state index in [0.29, 0.717) is 11.0 Å². The van der Waals surface area contributed by atoms with Crippen LogP contribution >= 0.6 is 0 Å². The Hall–Kier alpha value is -0.0400. The van der Waals surface area contributed by atoms with Gasteiger partial charge in [0, 0.05) is 18.1 Å². The zero-order valence-corrected chi connectivity index (χ0v) is 10.6. The van der Waals surface area contributed by atoms with E-state index in [1.165, 1.54) is 13.0 Å². The van der Waals surface area contributed by atoms with Crippen molar-refractivity contribution in [2.24, 2.45) is 17.3 Å². The Labute approximate surface area is 96.2 Å². The maximum Gasteiger partial charge on any atom is 0.0180 e. The first-order valence-electron chi connectivity index (χ1n) is 5.98. The first-order chi connectivity index (χ1) is 6.21. The van der Waals surface area contributed by atoms with Gasteiger partial charge in [-0.1, -0.05) is 28.2 Å². The van der Waals surface area contributed by atoms with Crippen molar-refractivity contribution in [3.8, 4) is 0 Å². The number of nitrogens with zero attached hydrogens (tertiary/aromatic N) is 1. The molecule has 90 valence electrons. The molecular weight excluding hydrogens is 182 g/mol. The number of piperidine rings is 1. The molecule has 1 aliphatic heterocycles. The number of rotatable bonds is 0. The summed E-state index contributed by atoms with van der Waals surface area (Å²) in [5.74, 6) is 2.03. The third kappa shape index (κ3) is 2.22. The first-order valence-corrected chi connectivity index (χ1v) is 5.98. The van der Waals surface area contributed by atoms with Crippen LogP contribution in [-0.4, -0.2) is 23.0 Å². The van der Waals surface area contributed by atoms with E-state index >= 15 is 0 Å². The number of likely N-dealkylation sites (tertiary alicyclic amines) is 1. The lowest BCUT2D eigenvalue weighted by molar-refractivity contribution is 0.0375. The van der Waals surface area contributed by atoms with Crippen LogP contribution in [0.2, 0.25) is 0 Å². The number of hydrogen-bond acceptors (Lipinski definition) is 1. The van der Waals surface area contributed by atoms with Gasteiger partial charge in [-0.2, -0.15) is 0 Å². The van der Waals surface area contributed by atoms with Gasteiger partial charge in [0.15, 0.2) is 0 Å². The molecule has 15 heavy (non-hydrogen) atoms. The molecule has 0 aromatic carbocycles. The summed E-state index contributed by atoms with van der Waals surface area (Å²) in [6.07, 6.45) is 1.49. The summed E-state index contributed by atoms with van der Waals surface area (Å²) in [6, 6.07) is 0.812. The van der Waals surface area contributed by atoms with Gasteiger partial charge in [0.25, 0.3) is 0 Å². The minimum absolute atomic E-state index is 0. The normalized spacial score (nSPS) is 36.0. The van der Waals surface area contributed by atoms with Crippen molar-refractivity contribution >= 4 is 0 Å². The summed E-state index contributed by atoms with van der Waals surface area (Å²) in [5, 5.41) is 0. The lowest BCUT2D eigenvalue weighted by Crippen LogP contribution is -2.51. The first kappa shape index (κ1) is 13.0. The highest BCUT2D eigenvalue weighted by atomic mass is 15.3. The predicted molar refractivity (Wildman–Crippen MR) is 68.0 cm³/mol. The summed E-state index contributed by atoms with van der Waals surface area (Å²) in [7, 11) is 0. The Morgan fingerprint density at radius 2 is 1.53 bits per heavy atom. The third-order valence-electron chi connectivity index (χ3n) is 3.90. The Balaban J connectivity index is 0.00000112. The zero-order valence-electron chi connectivity index (χ0n) is 10.6. The van der Waals surface area contributed by atoms with Crippen molar-refractivity contribution in [2.75, 3.05) is 6.54 Å². The Kier molecular flexibility index (Phi) is 3.02. The minimum atomic E-state index is 0. The fraction of sp³-hybridized carbons (Fsp3) is 1.00. The molecule has 0 spiro atoms. The van der Waals surface area contributed by atoms with Gasteiger partial charge in [-0.15, -0.1) is 0 Å². The van der Waals surface area contributed by atoms with E-state index in [1.807, 2.05) is 0 Å². The average molecular weight is 211 g/mol. The van der Waals surface area contributed by atoms with Gasteiger partial charge in [-0.3, -0.25) is 4.90 Å². The lowest BCUT2D eigenvalue weighted by Gasteiger charge is -2.45. The van der Waals surface area contributed by atoms with Crippen molar-refractivity contribution in [3.05, 3.63) is 0 Å². The summed E-state index contributed by atoms with van der Waals surface area (Å²) < 4.78 is 0. The van der Waals surface area contributed by atoms with Crippen LogP contribution in [0.4, 0.5) is 0 Å². The summed E-state index contributed by atoms with van der Waals surface area (Å²) in [4.78, 5) is 2.74. The van der Waals surface area contributed by atoms with Crippen LogP contribution in [0, 0.1) is 17.3 Å². The van der Waals surface area contributed by atoms with Crippen LogP contribution < -0.4 is 0 Å². The molecule has 2 aliphatic rings. The average Bonchev–Trinajstić information content (AvgIpc) is 2.56. The standard InChI is InChI=1S/C13H25N.CH4/c1-12(2,3)11-10-7-9(10)8-14(11)13(4,5)6;/h9-11H,7-8H2,1-6H3;1H4. The summed E-state index contributed by atoms with van der Waals surface area (Å²) in [6.45, 7) is 15.6. The number of hydrogen-bond donors (Lipinski definition) is 0. The molecular formula is C14H29N. The molecule has 0 radical (unpaired) electrons. The minimum Gasteiger partial charge on any atom is -0.294 e. The Morgan fingerprint density at radius 1 is 1.00 bits per heavy atom. The molecule has 2 fully saturated rings. The number of fused-ring (bicyclic) bond motifs is 1. The van der Waals surface area contributed by atoms with E-state index in [-0.39, 0.29) is 7.43 Å². The molecule has 1 heteroatoms. The van der Waals surface area contributed by atoms with Crippen LogP contribution in [0.3, 0.4) is 0 Å². The molecule has 0 amide bonds. The smallest absolute Gasteiger partial charge is 0.0180 e. The second kappa shape index (κ2) is 3.48. The van der Waals surface area contributed by atoms with Gasteiger partial charge in [-0.05, 0) is 44.4 Å². The SMILES string of the molecule is C.CC(C)(C)C1C2CC2CN1C(C)(C)C. The summed E-state index contributed by atoms with van der Waals surface area (Å²) in [5.41, 5.74) is 0.800. The van der Waals surface area contributed by atoms with E-state index in [2.05, 4.69) is 46.4 Å². The highest BCUT2D eigenvalue weighted by Gasteiger charge is 2.57. The van der Waals surface area contributed by atoms with E-state index in [4.69, 9.17) is 0 Å². The third-order valence-corrected chi connectivity index (χ3v) is 3.90. The van der Waals surface area contributed by atoms with Gasteiger partial charge in [0.2, 0.25) is 0 Å². The van der Waals surface area contributed by atoms with E-state index in [1.54, 1.807) is 0 Å². The molecule has 0 bridgehead atoms. The molecule has 0 aromatic heterocycles. The van der Waals surface area contributed by atoms with Crippen LogP contribution in [0.25, 0.3) is 0 Å². The largest absolute Gasteiger partial charge is 0.294 e. The molecule has 0 aromatic rings. The maximum atomic E-state index is 2.74. The second-order valence-corrected chi connectivity index (χ2v) is 7.29. The lowest BCUT2D eigenvalue weighted by atomic mass is 9.82. The summed E-state index contributed by atoms with van der Waals surface area (Å²) >= 11 is 0. The van der Waals surface area contributed by atoms with Crippen molar-refractivity contribution < 1.29 is 0 Å². The van der Waals surface area contributed by atoms with Gasteiger partial charge in [-0.25, -0.2) is 0 Å². The molecule has 0 N–H and O–H groups in total. The zero-order chi connectivity index (χ0) is 10.7. The Bertz CT molecular complexity index is 231. The van der Waals surface area contributed by atoms with E-state index in [0.717, 1.165) is 17.9 Å². The Morgan fingerprint density at radius 3 is 1.87 bits per heavy atom. The molecule has 3 atom stereocenters. The molecule has 3 unspecified atom stereocenters. The van der Waals surface area contributed by atoms with Crippen LogP contribution in [-0.2, 0) is 0 Å². The van der Waals surface area contributed by atoms with Crippen molar-refractivity contribution in [2.45, 2.75) is 67.0 Å². The molecule has 1 aliphatic carbocycles. The second-order valence-electron chi connectivity index (χ2n) is 7.29. The van der Waals surface area contributed by atoms with Gasteiger partial charge in [0.05, 0.1) is 0 Å². The van der Waals surface area contributed by atoms with Crippen molar-refractivity contribution in [3.63, 3.8) is 0 Å². The highest BCUT2D eigenvalue weighted by molar-refractivity contribution is 5.10. The van der Waals surface area contributed by atoms with E-state index in [9.17, 15) is 0 Å². The topological polar surface area (TPSA) is 3.24 Å². The van der Waals surface area contributed by atoms with Gasteiger partial charge in [0.1, 0.15) is 0 Å². The van der Waals surface area contributed by atoms with E-state index < -0.39 is 0 Å². The maximum absolute atomic E-state index is 2.74. The molecule has 1 saturated carbocycles. The fourth-order valence-electron chi connectivity index (χ4n) is 3.27. The van der Waals surface area contributed by atoms with Crippen LogP contribution in [0.5, 0.6) is 0 Å². The monoisotopic (exact) mass is 211 g/mol. The van der Waals surface area contributed by atoms with Crippen LogP contribution in [0.15, 0.2) is 0 Å². The van der Waals surface area contributed by atoms with Crippen molar-refractivity contribution in [1.82, 2.24) is 4.90 Å². The molecule has 1 saturated heterocycles. The van der Waals surface area contributed by atoms with Crippen LogP contribution in [0.1, 0.15) is 55.4 Å². The predicted octanol–water partition coefficient (Wildman–Crippen LogP) is 3.79. The van der Waals surface area contributed by atoms with Gasteiger partial charge >= 0.3 is 0 Å². The van der Waals surface area contributed by atoms with Crippen molar-refractivity contribution in [1.29, 1.82) is 0 Å². The van der Waals surface area contributed by atoms with Gasteiger partial charge < -0.3 is 0 Å². The molecule has 2 rings (SSSR count).